The molecule has 0 aliphatic heterocycles. The van der Waals surface area contributed by atoms with E-state index in [9.17, 15) is 15.0 Å². The first kappa shape index (κ1) is 16.7. The van der Waals surface area contributed by atoms with Crippen molar-refractivity contribution in [3.05, 3.63) is 11.6 Å². The topological polar surface area (TPSA) is 57.5 Å². The van der Waals surface area contributed by atoms with E-state index in [2.05, 4.69) is 0 Å². The van der Waals surface area contributed by atoms with Crippen molar-refractivity contribution in [2.75, 3.05) is 0 Å². The molecule has 3 nitrogen and oxygen atoms in total. The highest BCUT2D eigenvalue weighted by Gasteiger charge is 2.72. The van der Waals surface area contributed by atoms with Crippen molar-refractivity contribution in [2.45, 2.75) is 83.1 Å². The highest BCUT2D eigenvalue weighted by Crippen LogP contribution is 2.70. The monoisotopic (exact) mass is 336 g/mol. The Bertz CT molecular complexity index is 626. The number of allylic oxidation sites excluding steroid dienone is 1. The summed E-state index contributed by atoms with van der Waals surface area (Å²) in [6.45, 7) is 5.79. The van der Waals surface area contributed by atoms with Crippen molar-refractivity contribution in [1.82, 2.24) is 0 Å². The van der Waals surface area contributed by atoms with E-state index < -0.39 is 28.2 Å². The summed E-state index contributed by atoms with van der Waals surface area (Å²) in [6.07, 6.45) is 4.60. The van der Waals surface area contributed by atoms with E-state index in [1.165, 1.54) is 0 Å². The Morgan fingerprint density at radius 1 is 1.12 bits per heavy atom. The number of hydrogen-bond donors (Lipinski definition) is 2. The van der Waals surface area contributed by atoms with Gasteiger partial charge >= 0.3 is 0 Å². The molecule has 4 aliphatic rings. The van der Waals surface area contributed by atoms with E-state index >= 15 is 4.39 Å². The van der Waals surface area contributed by atoms with Gasteiger partial charge in [-0.2, -0.15) is 0 Å². The molecule has 0 aromatic heterocycles. The van der Waals surface area contributed by atoms with Crippen LogP contribution in [0.4, 0.5) is 4.39 Å². The maximum Gasteiger partial charge on any atom is 0.155 e. The number of carbonyl (C=O) groups is 1. The molecule has 2 N–H and O–H groups in total. The predicted molar refractivity (Wildman–Crippen MR) is 89.1 cm³/mol. The Kier molecular flexibility index (Phi) is 3.27. The predicted octanol–water partition coefficient (Wildman–Crippen LogP) is 3.33. The summed E-state index contributed by atoms with van der Waals surface area (Å²) in [5, 5.41) is 21.9. The van der Waals surface area contributed by atoms with Gasteiger partial charge in [0.1, 0.15) is 5.67 Å². The van der Waals surface area contributed by atoms with E-state index in [-0.39, 0.29) is 17.6 Å². The third kappa shape index (κ3) is 1.72. The fourth-order valence-corrected chi connectivity index (χ4v) is 6.79. The van der Waals surface area contributed by atoms with Gasteiger partial charge in [-0.15, -0.1) is 0 Å². The maximum atomic E-state index is 16.6. The van der Waals surface area contributed by atoms with Gasteiger partial charge in [0, 0.05) is 23.2 Å². The van der Waals surface area contributed by atoms with Gasteiger partial charge in [0.05, 0.1) is 11.7 Å². The van der Waals surface area contributed by atoms with E-state index in [0.717, 1.165) is 18.4 Å². The van der Waals surface area contributed by atoms with Gasteiger partial charge in [-0.05, 0) is 57.4 Å². The van der Waals surface area contributed by atoms with E-state index in [4.69, 9.17) is 0 Å². The highest BCUT2D eigenvalue weighted by atomic mass is 19.1. The second kappa shape index (κ2) is 4.70. The van der Waals surface area contributed by atoms with Crippen molar-refractivity contribution in [1.29, 1.82) is 0 Å². The Labute approximate surface area is 143 Å². The zero-order chi connectivity index (χ0) is 17.5. The zero-order valence-electron chi connectivity index (χ0n) is 14.9. The first-order valence-electron chi connectivity index (χ1n) is 9.39. The van der Waals surface area contributed by atoms with Crippen molar-refractivity contribution in [3.8, 4) is 0 Å². The number of halogens is 1. The quantitative estimate of drug-likeness (QED) is 0.713. The number of aliphatic hydroxyl groups excluding tert-OH is 1. The normalized spacial score (nSPS) is 57.0. The molecule has 134 valence electrons. The Hall–Kier alpha value is -0.740. The Morgan fingerprint density at radius 2 is 1.83 bits per heavy atom. The van der Waals surface area contributed by atoms with Crippen LogP contribution in [-0.2, 0) is 4.79 Å². The molecule has 0 aromatic carbocycles. The highest BCUT2D eigenvalue weighted by molar-refractivity contribution is 5.91. The minimum atomic E-state index is -1.69. The zero-order valence-corrected chi connectivity index (χ0v) is 14.9. The number of aliphatic hydroxyl groups is 2. The van der Waals surface area contributed by atoms with Crippen LogP contribution in [0.15, 0.2) is 11.6 Å². The van der Waals surface area contributed by atoms with Crippen molar-refractivity contribution >= 4 is 5.78 Å². The molecule has 0 radical (unpaired) electrons. The number of ketones is 1. The molecular weight excluding hydrogens is 307 g/mol. The number of hydrogen-bond acceptors (Lipinski definition) is 3. The Balaban J connectivity index is 1.82. The first-order chi connectivity index (χ1) is 11.1. The summed E-state index contributed by atoms with van der Waals surface area (Å²) >= 11 is 0. The second-order valence-electron chi connectivity index (χ2n) is 9.44. The minimum absolute atomic E-state index is 0.0865. The average Bonchev–Trinajstić information content (AvgIpc) is 2.72. The number of alkyl halides is 1. The van der Waals surface area contributed by atoms with Gasteiger partial charge in [-0.1, -0.05) is 19.4 Å². The molecule has 0 amide bonds. The summed E-state index contributed by atoms with van der Waals surface area (Å²) in [7, 11) is 0. The molecule has 0 saturated heterocycles. The smallest absolute Gasteiger partial charge is 0.155 e. The molecule has 3 saturated carbocycles. The molecule has 4 rings (SSSR count). The van der Waals surface area contributed by atoms with Gasteiger partial charge < -0.3 is 10.2 Å². The summed E-state index contributed by atoms with van der Waals surface area (Å²) < 4.78 is 16.6. The van der Waals surface area contributed by atoms with Crippen LogP contribution in [0.2, 0.25) is 0 Å². The largest absolute Gasteiger partial charge is 0.390 e. The van der Waals surface area contributed by atoms with Crippen LogP contribution < -0.4 is 0 Å². The van der Waals surface area contributed by atoms with Crippen LogP contribution in [0.25, 0.3) is 0 Å². The summed E-state index contributed by atoms with van der Waals surface area (Å²) in [6, 6.07) is 0. The molecule has 1 unspecified atom stereocenters. The lowest BCUT2D eigenvalue weighted by molar-refractivity contribution is -0.225. The van der Waals surface area contributed by atoms with Crippen LogP contribution in [0.1, 0.15) is 65.7 Å². The van der Waals surface area contributed by atoms with E-state index in [1.807, 2.05) is 20.8 Å². The standard InChI is InChI=1S/C20H29FO3/c1-17-8-6-13(22)10-12(17)4-5-15-14-7-9-19(3,24)18(14,2)11-16(23)20(15,17)21/h10,14-16,23-24H,4-9,11H2,1-3H3/t14-,15-,16-,17-,18-,19+,20?/m0/s1. The molecule has 0 heterocycles. The average molecular weight is 336 g/mol. The number of rotatable bonds is 0. The van der Waals surface area contributed by atoms with E-state index in [0.29, 0.717) is 32.1 Å². The summed E-state index contributed by atoms with van der Waals surface area (Å²) in [5.74, 6) is -0.0593. The molecule has 7 atom stereocenters. The molecule has 4 aliphatic carbocycles. The van der Waals surface area contributed by atoms with Gasteiger partial charge in [0.25, 0.3) is 0 Å². The minimum Gasteiger partial charge on any atom is -0.390 e. The lowest BCUT2D eigenvalue weighted by atomic mass is 9.44. The third-order valence-electron chi connectivity index (χ3n) is 8.60. The van der Waals surface area contributed by atoms with Crippen molar-refractivity contribution in [3.63, 3.8) is 0 Å². The van der Waals surface area contributed by atoms with Crippen LogP contribution in [0.5, 0.6) is 0 Å². The Morgan fingerprint density at radius 3 is 2.54 bits per heavy atom. The molecule has 4 heteroatoms. The van der Waals surface area contributed by atoms with Gasteiger partial charge in [-0.3, -0.25) is 4.79 Å². The molecule has 0 spiro atoms. The molecule has 3 fully saturated rings. The summed E-state index contributed by atoms with van der Waals surface area (Å²) in [5.41, 5.74) is -2.83. The molecule has 0 bridgehead atoms. The summed E-state index contributed by atoms with van der Waals surface area (Å²) in [4.78, 5) is 11.8. The van der Waals surface area contributed by atoms with Crippen LogP contribution in [0, 0.1) is 22.7 Å². The van der Waals surface area contributed by atoms with Crippen molar-refractivity contribution < 1.29 is 19.4 Å². The van der Waals surface area contributed by atoms with E-state index in [1.54, 1.807) is 6.08 Å². The third-order valence-corrected chi connectivity index (χ3v) is 8.60. The molecule has 24 heavy (non-hydrogen) atoms. The van der Waals surface area contributed by atoms with Crippen LogP contribution >= 0.6 is 0 Å². The van der Waals surface area contributed by atoms with Crippen LogP contribution in [-0.4, -0.2) is 33.4 Å². The fraction of sp³-hybridized carbons (Fsp3) is 0.850. The number of fused-ring (bicyclic) bond motifs is 5. The lowest BCUT2D eigenvalue weighted by Gasteiger charge is -2.63. The van der Waals surface area contributed by atoms with Gasteiger partial charge in [0.2, 0.25) is 0 Å². The van der Waals surface area contributed by atoms with Gasteiger partial charge in [0.15, 0.2) is 5.78 Å². The molecule has 0 aromatic rings. The maximum absolute atomic E-state index is 16.6. The number of carbonyl (C=O) groups excluding carboxylic acids is 1. The molecular formula is C20H29FO3. The van der Waals surface area contributed by atoms with Gasteiger partial charge in [-0.25, -0.2) is 4.39 Å². The second-order valence-corrected chi connectivity index (χ2v) is 9.44. The SMILES string of the molecule is C[C@]12CCC(=O)C=C1CC[C@H]1[C@@H]3CC[C@@](C)(O)[C@@]3(C)C[C@H](O)C12F. The van der Waals surface area contributed by atoms with Crippen molar-refractivity contribution in [2.24, 2.45) is 22.7 Å². The lowest BCUT2D eigenvalue weighted by Crippen LogP contribution is -2.68. The van der Waals surface area contributed by atoms with Crippen LogP contribution in [0.3, 0.4) is 0 Å². The first-order valence-corrected chi connectivity index (χ1v) is 9.39. The fourth-order valence-electron chi connectivity index (χ4n) is 6.79.